The number of nitro groups is 1. The van der Waals surface area contributed by atoms with Crippen LogP contribution in [0.2, 0.25) is 0 Å². The van der Waals surface area contributed by atoms with Gasteiger partial charge in [-0.05, 0) is 41.8 Å². The second kappa shape index (κ2) is 4.14. The Morgan fingerprint density at radius 3 is 2.69 bits per heavy atom. The van der Waals surface area contributed by atoms with Crippen molar-refractivity contribution in [2.24, 2.45) is 0 Å². The van der Waals surface area contributed by atoms with Crippen molar-refractivity contribution >= 4 is 5.69 Å². The molecule has 0 aromatic heterocycles. The molecule has 0 bridgehead atoms. The van der Waals surface area contributed by atoms with Crippen LogP contribution in [0.5, 0.6) is 0 Å². The molecule has 0 spiro atoms. The molecular weight excluding hydrogens is 202 g/mol. The first-order valence-electron chi connectivity index (χ1n) is 4.90. The third-order valence-electron chi connectivity index (χ3n) is 2.44. The summed E-state index contributed by atoms with van der Waals surface area (Å²) in [5, 5.41) is 10.6. The van der Waals surface area contributed by atoms with E-state index in [4.69, 9.17) is 0 Å². The Labute approximate surface area is 93.5 Å². The van der Waals surface area contributed by atoms with E-state index in [-0.39, 0.29) is 10.6 Å². The zero-order valence-electron chi connectivity index (χ0n) is 8.81. The Kier molecular flexibility index (Phi) is 2.68. The van der Waals surface area contributed by atoms with Crippen LogP contribution in [0.1, 0.15) is 5.56 Å². The molecule has 0 fully saturated rings. The van der Waals surface area contributed by atoms with Crippen molar-refractivity contribution in [3.63, 3.8) is 0 Å². The molecule has 0 heterocycles. The van der Waals surface area contributed by atoms with E-state index in [1.165, 1.54) is 6.07 Å². The SMILES string of the molecule is Cc1cc([N+](=O)[O-])ccc1-c1c[c]ccc1. The molecule has 2 aromatic rings. The standard InChI is InChI=1S/C13H10NO2/c1-10-9-12(14(15)16)7-8-13(10)11-5-3-2-4-6-11/h2-3,5-9H,1H3. The first kappa shape index (κ1) is 10.4. The number of hydrogen-bond acceptors (Lipinski definition) is 2. The molecular formula is C13H10NO2. The highest BCUT2D eigenvalue weighted by molar-refractivity contribution is 5.68. The summed E-state index contributed by atoms with van der Waals surface area (Å²) in [4.78, 5) is 10.2. The van der Waals surface area contributed by atoms with Crippen molar-refractivity contribution in [2.45, 2.75) is 6.92 Å². The summed E-state index contributed by atoms with van der Waals surface area (Å²) in [5.41, 5.74) is 3.05. The molecule has 0 saturated carbocycles. The van der Waals surface area contributed by atoms with Crippen LogP contribution in [0, 0.1) is 23.1 Å². The number of non-ortho nitro benzene ring substituents is 1. The van der Waals surface area contributed by atoms with Crippen LogP contribution in [0.4, 0.5) is 5.69 Å². The minimum atomic E-state index is -0.381. The molecule has 0 aliphatic carbocycles. The largest absolute Gasteiger partial charge is 0.269 e. The number of rotatable bonds is 2. The molecule has 0 N–H and O–H groups in total. The van der Waals surface area contributed by atoms with Crippen LogP contribution < -0.4 is 0 Å². The molecule has 79 valence electrons. The first-order chi connectivity index (χ1) is 7.68. The third kappa shape index (κ3) is 1.93. The Hall–Kier alpha value is -2.16. The van der Waals surface area contributed by atoms with E-state index < -0.39 is 0 Å². The molecule has 0 atom stereocenters. The maximum Gasteiger partial charge on any atom is 0.269 e. The Morgan fingerprint density at radius 2 is 2.12 bits per heavy atom. The zero-order valence-corrected chi connectivity index (χ0v) is 8.81. The van der Waals surface area contributed by atoms with Gasteiger partial charge in [0.25, 0.3) is 5.69 Å². The molecule has 16 heavy (non-hydrogen) atoms. The van der Waals surface area contributed by atoms with Gasteiger partial charge in [0, 0.05) is 12.1 Å². The molecule has 3 nitrogen and oxygen atoms in total. The zero-order chi connectivity index (χ0) is 11.5. The fraction of sp³-hybridized carbons (Fsp3) is 0.0769. The number of aryl methyl sites for hydroxylation is 1. The highest BCUT2D eigenvalue weighted by Crippen LogP contribution is 2.26. The highest BCUT2D eigenvalue weighted by atomic mass is 16.6. The number of nitro benzene ring substituents is 1. The van der Waals surface area contributed by atoms with Crippen LogP contribution >= 0.6 is 0 Å². The van der Waals surface area contributed by atoms with Crippen LogP contribution in [0.3, 0.4) is 0 Å². The molecule has 2 aromatic carbocycles. The average Bonchev–Trinajstić information content (AvgIpc) is 2.30. The van der Waals surface area contributed by atoms with E-state index in [0.717, 1.165) is 16.7 Å². The number of benzene rings is 2. The fourth-order valence-corrected chi connectivity index (χ4v) is 1.65. The van der Waals surface area contributed by atoms with E-state index in [9.17, 15) is 10.1 Å². The van der Waals surface area contributed by atoms with E-state index in [0.29, 0.717) is 0 Å². The minimum Gasteiger partial charge on any atom is -0.258 e. The predicted molar refractivity (Wildman–Crippen MR) is 62.1 cm³/mol. The summed E-state index contributed by atoms with van der Waals surface area (Å²) >= 11 is 0. The summed E-state index contributed by atoms with van der Waals surface area (Å²) in [6, 6.07) is 15.4. The summed E-state index contributed by atoms with van der Waals surface area (Å²) in [6.45, 7) is 1.87. The van der Waals surface area contributed by atoms with Gasteiger partial charge in [0.1, 0.15) is 0 Å². The van der Waals surface area contributed by atoms with Gasteiger partial charge in [-0.2, -0.15) is 0 Å². The third-order valence-corrected chi connectivity index (χ3v) is 2.44. The molecule has 0 saturated heterocycles. The maximum absolute atomic E-state index is 10.6. The van der Waals surface area contributed by atoms with Gasteiger partial charge in [-0.1, -0.05) is 18.2 Å². The molecule has 0 unspecified atom stereocenters. The van der Waals surface area contributed by atoms with Gasteiger partial charge in [-0.3, -0.25) is 10.1 Å². The lowest BCUT2D eigenvalue weighted by molar-refractivity contribution is -0.384. The number of nitrogens with zero attached hydrogens (tertiary/aromatic N) is 1. The van der Waals surface area contributed by atoms with Crippen LogP contribution in [-0.2, 0) is 0 Å². The van der Waals surface area contributed by atoms with Gasteiger partial charge < -0.3 is 0 Å². The monoisotopic (exact) mass is 212 g/mol. The lowest BCUT2D eigenvalue weighted by Crippen LogP contribution is -1.90. The second-order valence-electron chi connectivity index (χ2n) is 3.55. The summed E-state index contributed by atoms with van der Waals surface area (Å²) < 4.78 is 0. The topological polar surface area (TPSA) is 43.1 Å². The normalized spacial score (nSPS) is 10.1. The van der Waals surface area contributed by atoms with E-state index in [1.807, 2.05) is 31.2 Å². The van der Waals surface area contributed by atoms with E-state index >= 15 is 0 Å². The average molecular weight is 212 g/mol. The second-order valence-corrected chi connectivity index (χ2v) is 3.55. The van der Waals surface area contributed by atoms with Crippen LogP contribution in [0.15, 0.2) is 42.5 Å². The van der Waals surface area contributed by atoms with Crippen LogP contribution in [-0.4, -0.2) is 4.92 Å². The highest BCUT2D eigenvalue weighted by Gasteiger charge is 2.08. The van der Waals surface area contributed by atoms with E-state index in [2.05, 4.69) is 6.07 Å². The van der Waals surface area contributed by atoms with Gasteiger partial charge in [-0.15, -0.1) is 0 Å². The van der Waals surface area contributed by atoms with Crippen molar-refractivity contribution in [3.05, 3.63) is 64.2 Å². The molecule has 0 aliphatic rings. The van der Waals surface area contributed by atoms with Gasteiger partial charge in [-0.25, -0.2) is 0 Å². The van der Waals surface area contributed by atoms with Gasteiger partial charge in [0.05, 0.1) is 4.92 Å². The Morgan fingerprint density at radius 1 is 1.31 bits per heavy atom. The first-order valence-corrected chi connectivity index (χ1v) is 4.90. The van der Waals surface area contributed by atoms with Gasteiger partial charge in [0.2, 0.25) is 0 Å². The van der Waals surface area contributed by atoms with Crippen molar-refractivity contribution < 1.29 is 4.92 Å². The lowest BCUT2D eigenvalue weighted by Gasteiger charge is -2.05. The molecule has 1 radical (unpaired) electrons. The van der Waals surface area contributed by atoms with Crippen molar-refractivity contribution in [1.82, 2.24) is 0 Å². The lowest BCUT2D eigenvalue weighted by atomic mass is 10.0. The summed E-state index contributed by atoms with van der Waals surface area (Å²) in [7, 11) is 0. The minimum absolute atomic E-state index is 0.126. The molecule has 0 aliphatic heterocycles. The molecule has 2 rings (SSSR count). The van der Waals surface area contributed by atoms with Gasteiger partial charge >= 0.3 is 0 Å². The Balaban J connectivity index is 2.48. The molecule has 0 amide bonds. The maximum atomic E-state index is 10.6. The van der Waals surface area contributed by atoms with Crippen molar-refractivity contribution in [2.75, 3.05) is 0 Å². The summed E-state index contributed by atoms with van der Waals surface area (Å²) in [6.07, 6.45) is 0. The van der Waals surface area contributed by atoms with Crippen molar-refractivity contribution in [3.8, 4) is 11.1 Å². The molecule has 3 heteroatoms. The summed E-state index contributed by atoms with van der Waals surface area (Å²) in [5.74, 6) is 0. The number of hydrogen-bond donors (Lipinski definition) is 0. The predicted octanol–water partition coefficient (Wildman–Crippen LogP) is 3.37. The van der Waals surface area contributed by atoms with Gasteiger partial charge in [0.15, 0.2) is 0 Å². The van der Waals surface area contributed by atoms with Crippen molar-refractivity contribution in [1.29, 1.82) is 0 Å². The quantitative estimate of drug-likeness (QED) is 0.565. The smallest absolute Gasteiger partial charge is 0.258 e. The van der Waals surface area contributed by atoms with E-state index in [1.54, 1.807) is 12.1 Å². The fourth-order valence-electron chi connectivity index (χ4n) is 1.65. The van der Waals surface area contributed by atoms with Crippen LogP contribution in [0.25, 0.3) is 11.1 Å². The Bertz CT molecular complexity index is 521.